The van der Waals surface area contributed by atoms with Crippen molar-refractivity contribution in [3.63, 3.8) is 0 Å². The molecule has 0 aliphatic rings. The van der Waals surface area contributed by atoms with E-state index in [1.165, 1.54) is 6.33 Å². The summed E-state index contributed by atoms with van der Waals surface area (Å²) in [5.74, 6) is 0.534. The average Bonchev–Trinajstić information content (AvgIpc) is 3.22. The van der Waals surface area contributed by atoms with Gasteiger partial charge < -0.3 is 5.32 Å². The Hall–Kier alpha value is -3.87. The number of aryl methyl sites for hydroxylation is 2. The van der Waals surface area contributed by atoms with Crippen molar-refractivity contribution in [3.05, 3.63) is 83.2 Å². The second kappa shape index (κ2) is 8.65. The number of carbonyl (C=O) groups is 1. The lowest BCUT2D eigenvalue weighted by molar-refractivity contribution is -0.116. The second-order valence-electron chi connectivity index (χ2n) is 6.99. The fourth-order valence-corrected chi connectivity index (χ4v) is 3.36. The van der Waals surface area contributed by atoms with Crippen LogP contribution in [0.3, 0.4) is 0 Å². The first-order chi connectivity index (χ1) is 14.6. The Morgan fingerprint density at radius 2 is 2.00 bits per heavy atom. The smallest absolute Gasteiger partial charge is 0.252 e. The molecule has 150 valence electrons. The van der Waals surface area contributed by atoms with Crippen molar-refractivity contribution in [3.8, 4) is 0 Å². The fourth-order valence-electron chi connectivity index (χ4n) is 3.36. The van der Waals surface area contributed by atoms with Gasteiger partial charge in [-0.05, 0) is 61.7 Å². The molecule has 0 aliphatic heterocycles. The van der Waals surface area contributed by atoms with Crippen LogP contribution < -0.4 is 5.32 Å². The summed E-state index contributed by atoms with van der Waals surface area (Å²) in [5.41, 5.74) is 5.50. The SMILES string of the molecule is Cc1nc2ncnn2c(C)c1CCC(=O)Nc1cccc(/C=C/c2ccccn2)c1. The number of pyridine rings is 1. The summed E-state index contributed by atoms with van der Waals surface area (Å²) in [7, 11) is 0. The Bertz CT molecular complexity index is 1210. The molecule has 0 radical (unpaired) electrons. The Kier molecular flexibility index (Phi) is 5.61. The molecular weight excluding hydrogens is 376 g/mol. The molecule has 0 fully saturated rings. The minimum atomic E-state index is -0.0432. The maximum Gasteiger partial charge on any atom is 0.252 e. The number of fused-ring (bicyclic) bond motifs is 1. The zero-order valence-electron chi connectivity index (χ0n) is 16.9. The molecule has 0 aliphatic carbocycles. The fraction of sp³-hybridized carbons (Fsp3) is 0.174. The largest absolute Gasteiger partial charge is 0.326 e. The number of carbonyl (C=O) groups excluding carboxylic acids is 1. The molecule has 1 N–H and O–H groups in total. The van der Waals surface area contributed by atoms with Crippen molar-refractivity contribution in [2.75, 3.05) is 5.32 Å². The van der Waals surface area contributed by atoms with Crippen LogP contribution in [0, 0.1) is 13.8 Å². The summed E-state index contributed by atoms with van der Waals surface area (Å²) in [6.45, 7) is 3.91. The van der Waals surface area contributed by atoms with Gasteiger partial charge in [-0.3, -0.25) is 9.78 Å². The third-order valence-corrected chi connectivity index (χ3v) is 4.90. The molecule has 1 amide bonds. The number of benzene rings is 1. The quantitative estimate of drug-likeness (QED) is 0.533. The highest BCUT2D eigenvalue weighted by Crippen LogP contribution is 2.17. The number of rotatable bonds is 6. The molecule has 0 bridgehead atoms. The predicted molar refractivity (Wildman–Crippen MR) is 117 cm³/mol. The van der Waals surface area contributed by atoms with Crippen LogP contribution >= 0.6 is 0 Å². The molecule has 0 spiro atoms. The minimum Gasteiger partial charge on any atom is -0.326 e. The van der Waals surface area contributed by atoms with E-state index in [4.69, 9.17) is 0 Å². The van der Waals surface area contributed by atoms with E-state index in [0.29, 0.717) is 18.6 Å². The van der Waals surface area contributed by atoms with Gasteiger partial charge >= 0.3 is 0 Å². The van der Waals surface area contributed by atoms with E-state index in [1.807, 2.05) is 68.5 Å². The number of nitrogens with one attached hydrogen (secondary N) is 1. The van der Waals surface area contributed by atoms with Crippen LogP contribution in [0.25, 0.3) is 17.9 Å². The van der Waals surface area contributed by atoms with Crippen molar-refractivity contribution in [1.29, 1.82) is 0 Å². The third kappa shape index (κ3) is 4.41. The summed E-state index contributed by atoms with van der Waals surface area (Å²) in [6.07, 6.45) is 8.11. The van der Waals surface area contributed by atoms with Crippen molar-refractivity contribution in [1.82, 2.24) is 24.6 Å². The summed E-state index contributed by atoms with van der Waals surface area (Å²) in [4.78, 5) is 25.4. The number of nitrogens with zero attached hydrogens (tertiary/aromatic N) is 5. The molecule has 3 heterocycles. The Labute approximate surface area is 174 Å². The van der Waals surface area contributed by atoms with E-state index in [0.717, 1.165) is 33.9 Å². The van der Waals surface area contributed by atoms with Gasteiger partial charge in [-0.1, -0.05) is 24.3 Å². The molecule has 3 aromatic heterocycles. The highest BCUT2D eigenvalue weighted by Gasteiger charge is 2.12. The van der Waals surface area contributed by atoms with Crippen LogP contribution in [-0.4, -0.2) is 30.5 Å². The number of aromatic nitrogens is 5. The number of amides is 1. The van der Waals surface area contributed by atoms with Gasteiger partial charge in [0.2, 0.25) is 5.91 Å². The minimum absolute atomic E-state index is 0.0432. The highest BCUT2D eigenvalue weighted by atomic mass is 16.1. The molecule has 0 saturated carbocycles. The molecule has 0 saturated heterocycles. The van der Waals surface area contributed by atoms with Gasteiger partial charge in [-0.25, -0.2) is 9.50 Å². The lowest BCUT2D eigenvalue weighted by Crippen LogP contribution is -2.14. The number of hydrogen-bond acceptors (Lipinski definition) is 5. The van der Waals surface area contributed by atoms with Gasteiger partial charge in [-0.15, -0.1) is 0 Å². The van der Waals surface area contributed by atoms with E-state index in [2.05, 4.69) is 25.4 Å². The lowest BCUT2D eigenvalue weighted by Gasteiger charge is -2.11. The maximum atomic E-state index is 12.5. The van der Waals surface area contributed by atoms with E-state index in [-0.39, 0.29) is 5.91 Å². The standard InChI is InChI=1S/C23H22N6O/c1-16-21(17(2)29-23(27-16)25-15-26-29)11-12-22(30)28-20-8-5-6-18(14-20)9-10-19-7-3-4-13-24-19/h3-10,13-15H,11-12H2,1-2H3,(H,28,30)/b10-9+. The van der Waals surface area contributed by atoms with E-state index < -0.39 is 0 Å². The zero-order chi connectivity index (χ0) is 20.9. The lowest BCUT2D eigenvalue weighted by atomic mass is 10.1. The first-order valence-electron chi connectivity index (χ1n) is 9.75. The van der Waals surface area contributed by atoms with Crippen LogP contribution in [0.5, 0.6) is 0 Å². The van der Waals surface area contributed by atoms with Crippen LogP contribution in [-0.2, 0) is 11.2 Å². The van der Waals surface area contributed by atoms with Gasteiger partial charge in [0.05, 0.1) is 5.69 Å². The molecule has 4 aromatic rings. The molecule has 0 atom stereocenters. The normalized spacial score (nSPS) is 11.3. The molecule has 0 unspecified atom stereocenters. The van der Waals surface area contributed by atoms with Gasteiger partial charge in [0.15, 0.2) is 0 Å². The van der Waals surface area contributed by atoms with Crippen molar-refractivity contribution < 1.29 is 4.79 Å². The number of hydrogen-bond donors (Lipinski definition) is 1. The maximum absolute atomic E-state index is 12.5. The predicted octanol–water partition coefficient (Wildman–Crippen LogP) is 3.88. The van der Waals surface area contributed by atoms with Crippen LogP contribution in [0.15, 0.2) is 55.0 Å². The van der Waals surface area contributed by atoms with Crippen LogP contribution in [0.4, 0.5) is 5.69 Å². The highest BCUT2D eigenvalue weighted by molar-refractivity contribution is 5.91. The van der Waals surface area contributed by atoms with E-state index >= 15 is 0 Å². The summed E-state index contributed by atoms with van der Waals surface area (Å²) in [6, 6.07) is 13.5. The summed E-state index contributed by atoms with van der Waals surface area (Å²) >= 11 is 0. The second-order valence-corrected chi connectivity index (χ2v) is 6.99. The summed E-state index contributed by atoms with van der Waals surface area (Å²) < 4.78 is 1.71. The molecule has 1 aromatic carbocycles. The zero-order valence-corrected chi connectivity index (χ0v) is 16.9. The Morgan fingerprint density at radius 3 is 2.83 bits per heavy atom. The molecule has 7 nitrogen and oxygen atoms in total. The molecule has 30 heavy (non-hydrogen) atoms. The van der Waals surface area contributed by atoms with E-state index in [9.17, 15) is 4.79 Å². The van der Waals surface area contributed by atoms with Crippen molar-refractivity contribution >= 4 is 29.5 Å². The van der Waals surface area contributed by atoms with E-state index in [1.54, 1.807) is 10.7 Å². The average molecular weight is 398 g/mol. The van der Waals surface area contributed by atoms with Crippen molar-refractivity contribution in [2.24, 2.45) is 0 Å². The molecule has 4 rings (SSSR count). The topological polar surface area (TPSA) is 85.1 Å². The first kappa shape index (κ1) is 19.4. The van der Waals surface area contributed by atoms with Crippen LogP contribution in [0.1, 0.15) is 34.6 Å². The third-order valence-electron chi connectivity index (χ3n) is 4.90. The monoisotopic (exact) mass is 398 g/mol. The Balaban J connectivity index is 1.40. The summed E-state index contributed by atoms with van der Waals surface area (Å²) in [5, 5.41) is 7.17. The van der Waals surface area contributed by atoms with Gasteiger partial charge in [0, 0.05) is 29.7 Å². The Morgan fingerprint density at radius 1 is 1.10 bits per heavy atom. The van der Waals surface area contributed by atoms with Crippen LogP contribution in [0.2, 0.25) is 0 Å². The van der Waals surface area contributed by atoms with Crippen molar-refractivity contribution in [2.45, 2.75) is 26.7 Å². The van der Waals surface area contributed by atoms with Gasteiger partial charge in [-0.2, -0.15) is 10.1 Å². The first-order valence-corrected chi connectivity index (χ1v) is 9.75. The molecular formula is C23H22N6O. The van der Waals surface area contributed by atoms with Gasteiger partial charge in [0.1, 0.15) is 6.33 Å². The molecule has 7 heteroatoms. The van der Waals surface area contributed by atoms with Gasteiger partial charge in [0.25, 0.3) is 5.78 Å². The number of anilines is 1.